The third-order valence-corrected chi connectivity index (χ3v) is 2.14. The van der Waals surface area contributed by atoms with Crippen LogP contribution in [0.15, 0.2) is 29.2 Å². The number of hydrogen-bond donors (Lipinski definition) is 2. The zero-order valence-electron chi connectivity index (χ0n) is 9.69. The fourth-order valence-corrected chi connectivity index (χ4v) is 1.17. The summed E-state index contributed by atoms with van der Waals surface area (Å²) in [6.45, 7) is 0. The third-order valence-electron chi connectivity index (χ3n) is 1.21. The number of benzene rings is 1. The van der Waals surface area contributed by atoms with Gasteiger partial charge in [0.25, 0.3) is 0 Å². The van der Waals surface area contributed by atoms with Crippen LogP contribution >= 0.6 is 0 Å². The molecule has 0 aromatic heterocycles. The van der Waals surface area contributed by atoms with Gasteiger partial charge in [-0.1, -0.05) is 0 Å². The normalized spacial score (nSPS) is 9.62. The number of anilines is 1. The van der Waals surface area contributed by atoms with Gasteiger partial charge in [0, 0.05) is 5.69 Å². The van der Waals surface area contributed by atoms with Crippen molar-refractivity contribution >= 4 is 15.7 Å². The maximum absolute atomic E-state index is 10.7. The molecule has 13 heavy (non-hydrogen) atoms. The van der Waals surface area contributed by atoms with Crippen LogP contribution in [0.3, 0.4) is 0 Å². The first-order valence-corrected chi connectivity index (χ1v) is 4.43. The van der Waals surface area contributed by atoms with Gasteiger partial charge in [0.1, 0.15) is 0 Å². The van der Waals surface area contributed by atoms with E-state index >= 15 is 0 Å². The van der Waals surface area contributed by atoms with E-state index in [4.69, 9.17) is 10.9 Å². The SMILES string of the molecule is Nc1ccc(S(N)(=O)=O)cc1.[H-].[H-].[Na+].[Na+]. The van der Waals surface area contributed by atoms with Crippen LogP contribution in [0.1, 0.15) is 2.85 Å². The van der Waals surface area contributed by atoms with Gasteiger partial charge in [0.2, 0.25) is 10.0 Å². The minimum Gasteiger partial charge on any atom is -1.00 e. The van der Waals surface area contributed by atoms with E-state index in [9.17, 15) is 8.42 Å². The van der Waals surface area contributed by atoms with Crippen LogP contribution in [0.25, 0.3) is 0 Å². The molecule has 0 aliphatic carbocycles. The van der Waals surface area contributed by atoms with Gasteiger partial charge in [-0.15, -0.1) is 0 Å². The minimum absolute atomic E-state index is 0. The van der Waals surface area contributed by atoms with Gasteiger partial charge in [-0.05, 0) is 24.3 Å². The molecule has 0 atom stereocenters. The average Bonchev–Trinajstić information content (AvgIpc) is 1.86. The molecule has 0 radical (unpaired) electrons. The summed E-state index contributed by atoms with van der Waals surface area (Å²) in [5.41, 5.74) is 5.85. The molecular formula is C6H10N2Na2O2S. The Morgan fingerprint density at radius 1 is 1.08 bits per heavy atom. The summed E-state index contributed by atoms with van der Waals surface area (Å²) in [5.74, 6) is 0. The van der Waals surface area contributed by atoms with Crippen molar-refractivity contribution < 1.29 is 70.4 Å². The molecule has 0 unspecified atom stereocenters. The van der Waals surface area contributed by atoms with Crippen LogP contribution in [0.4, 0.5) is 5.69 Å². The maximum Gasteiger partial charge on any atom is 1.00 e. The molecule has 0 spiro atoms. The van der Waals surface area contributed by atoms with E-state index in [0.717, 1.165) is 0 Å². The van der Waals surface area contributed by atoms with E-state index in [1.165, 1.54) is 24.3 Å². The topological polar surface area (TPSA) is 86.2 Å². The van der Waals surface area contributed by atoms with Gasteiger partial charge < -0.3 is 8.59 Å². The van der Waals surface area contributed by atoms with Crippen molar-refractivity contribution in [3.05, 3.63) is 24.3 Å². The number of rotatable bonds is 1. The number of primary sulfonamides is 1. The second-order valence-electron chi connectivity index (χ2n) is 2.11. The molecule has 1 aromatic rings. The number of nitrogen functional groups attached to an aromatic ring is 1. The van der Waals surface area contributed by atoms with Crippen molar-refractivity contribution in [2.75, 3.05) is 5.73 Å². The summed E-state index contributed by atoms with van der Waals surface area (Å²) in [6, 6.07) is 5.70. The molecule has 0 heterocycles. The fraction of sp³-hybridized carbons (Fsp3) is 0. The zero-order valence-corrected chi connectivity index (χ0v) is 12.5. The van der Waals surface area contributed by atoms with Crippen LogP contribution in [0, 0.1) is 0 Å². The zero-order chi connectivity index (χ0) is 8.48. The fourth-order valence-electron chi connectivity index (χ4n) is 0.658. The molecule has 0 aliphatic heterocycles. The van der Waals surface area contributed by atoms with Gasteiger partial charge in [0.15, 0.2) is 0 Å². The summed E-state index contributed by atoms with van der Waals surface area (Å²) in [7, 11) is -3.58. The molecule has 0 amide bonds. The Balaban J connectivity index is -0.000000151. The Bertz CT molecular complexity index is 358. The van der Waals surface area contributed by atoms with Crippen molar-refractivity contribution in [1.29, 1.82) is 0 Å². The Hall–Kier alpha value is 0.930. The average molecular weight is 220 g/mol. The van der Waals surface area contributed by atoms with Crippen molar-refractivity contribution in [2.24, 2.45) is 5.14 Å². The molecule has 0 saturated carbocycles. The predicted molar refractivity (Wildman–Crippen MR) is 44.5 cm³/mol. The van der Waals surface area contributed by atoms with E-state index in [-0.39, 0.29) is 66.9 Å². The van der Waals surface area contributed by atoms with Crippen molar-refractivity contribution in [2.45, 2.75) is 4.90 Å². The summed E-state index contributed by atoms with van der Waals surface area (Å²) >= 11 is 0. The molecule has 0 aliphatic rings. The monoisotopic (exact) mass is 220 g/mol. The summed E-state index contributed by atoms with van der Waals surface area (Å²) in [5, 5.41) is 4.84. The summed E-state index contributed by atoms with van der Waals surface area (Å²) in [6.07, 6.45) is 0. The summed E-state index contributed by atoms with van der Waals surface area (Å²) < 4.78 is 21.4. The Morgan fingerprint density at radius 2 is 1.46 bits per heavy atom. The number of hydrogen-bond acceptors (Lipinski definition) is 3. The molecule has 1 aromatic carbocycles. The van der Waals surface area contributed by atoms with E-state index in [1.54, 1.807) is 0 Å². The number of nitrogens with two attached hydrogens (primary N) is 2. The molecular weight excluding hydrogens is 210 g/mol. The largest absolute Gasteiger partial charge is 1.00 e. The third kappa shape index (κ3) is 5.39. The second-order valence-corrected chi connectivity index (χ2v) is 3.68. The van der Waals surface area contributed by atoms with E-state index < -0.39 is 10.0 Å². The molecule has 4 nitrogen and oxygen atoms in total. The first-order chi connectivity index (χ1) is 5.00. The molecule has 4 N–H and O–H groups in total. The van der Waals surface area contributed by atoms with Crippen LogP contribution in [0.2, 0.25) is 0 Å². The van der Waals surface area contributed by atoms with Crippen molar-refractivity contribution in [1.82, 2.24) is 0 Å². The summed E-state index contributed by atoms with van der Waals surface area (Å²) in [4.78, 5) is 0.0756. The first kappa shape index (κ1) is 16.4. The van der Waals surface area contributed by atoms with Crippen molar-refractivity contribution in [3.63, 3.8) is 0 Å². The van der Waals surface area contributed by atoms with Crippen molar-refractivity contribution in [3.8, 4) is 0 Å². The molecule has 0 saturated heterocycles. The molecule has 64 valence electrons. The molecule has 7 heteroatoms. The smallest absolute Gasteiger partial charge is 1.00 e. The van der Waals surface area contributed by atoms with Crippen LogP contribution in [-0.2, 0) is 10.0 Å². The quantitative estimate of drug-likeness (QED) is 0.365. The standard InChI is InChI=1S/C6H8N2O2S.2Na.2H/c7-5-1-3-6(4-2-5)11(8,9)10;;;;/h1-4H,7H2,(H2,8,9,10);;;;/q;2*+1;2*-1. The van der Waals surface area contributed by atoms with E-state index in [1.807, 2.05) is 0 Å². The Kier molecular flexibility index (Phi) is 8.08. The van der Waals surface area contributed by atoms with E-state index in [0.29, 0.717) is 5.69 Å². The van der Waals surface area contributed by atoms with E-state index in [2.05, 4.69) is 0 Å². The molecule has 0 bridgehead atoms. The van der Waals surface area contributed by atoms with Gasteiger partial charge in [-0.3, -0.25) is 0 Å². The van der Waals surface area contributed by atoms with Crippen LogP contribution in [-0.4, -0.2) is 8.42 Å². The molecule has 0 fully saturated rings. The first-order valence-electron chi connectivity index (χ1n) is 2.88. The predicted octanol–water partition coefficient (Wildman–Crippen LogP) is -5.85. The second kappa shape index (κ2) is 6.42. The maximum atomic E-state index is 10.7. The van der Waals surface area contributed by atoms with Gasteiger partial charge >= 0.3 is 59.1 Å². The molecule has 1 rings (SSSR count). The minimum atomic E-state index is -3.58. The number of sulfonamides is 1. The Labute approximate surface area is 125 Å². The van der Waals surface area contributed by atoms with Gasteiger partial charge in [-0.25, -0.2) is 13.6 Å². The van der Waals surface area contributed by atoms with Crippen LogP contribution in [0.5, 0.6) is 0 Å². The van der Waals surface area contributed by atoms with Gasteiger partial charge in [-0.2, -0.15) is 0 Å². The van der Waals surface area contributed by atoms with Gasteiger partial charge in [0.05, 0.1) is 4.90 Å². The van der Waals surface area contributed by atoms with Crippen LogP contribution < -0.4 is 70.0 Å². The Morgan fingerprint density at radius 3 is 1.77 bits per heavy atom.